The monoisotopic (exact) mass is 906 g/mol. The maximum atomic E-state index is 14.4. The molecule has 4 aromatic heterocycles. The van der Waals surface area contributed by atoms with Crippen molar-refractivity contribution in [3.63, 3.8) is 0 Å². The molecule has 18 heteroatoms. The molecule has 348 valence electrons. The van der Waals surface area contributed by atoms with Crippen LogP contribution in [0.5, 0.6) is 0 Å². The Morgan fingerprint density at radius 3 is 0.848 bits per heavy atom. The van der Waals surface area contributed by atoms with Crippen LogP contribution in [0.25, 0.3) is 43.1 Å². The lowest BCUT2D eigenvalue weighted by atomic mass is 9.90. The van der Waals surface area contributed by atoms with Crippen molar-refractivity contribution in [2.45, 2.75) is 166 Å². The summed E-state index contributed by atoms with van der Waals surface area (Å²) in [7, 11) is 0. The molecule has 6 atom stereocenters. The summed E-state index contributed by atoms with van der Waals surface area (Å²) in [4.78, 5) is 139. The molecule has 3 saturated carbocycles. The molecule has 3 aliphatic rings. The third-order valence-corrected chi connectivity index (χ3v) is 13.8. The number of carbonyl (C=O) groups is 2. The van der Waals surface area contributed by atoms with Gasteiger partial charge in [0.05, 0.1) is 79.3 Å². The molecule has 0 saturated heterocycles. The number of ether oxygens (including phenoxy) is 2. The summed E-state index contributed by atoms with van der Waals surface area (Å²) in [6, 6.07) is 0.635. The summed E-state index contributed by atoms with van der Waals surface area (Å²) in [6.45, 7) is 10.4. The molecule has 0 bridgehead atoms. The van der Waals surface area contributed by atoms with Crippen LogP contribution in [0.3, 0.4) is 0 Å². The van der Waals surface area contributed by atoms with Gasteiger partial charge in [-0.3, -0.25) is 56.6 Å². The average molecular weight is 907 g/mol. The lowest BCUT2D eigenvalue weighted by molar-refractivity contribution is 0.0459. The number of hydrogen-bond acceptors (Lipinski definition) is 12. The highest BCUT2D eigenvalue weighted by Gasteiger charge is 2.38. The Kier molecular flexibility index (Phi) is 10.9. The molecule has 6 aromatic rings. The normalized spacial score (nSPS) is 23.2. The Bertz CT molecular complexity index is 3030. The van der Waals surface area contributed by atoms with Gasteiger partial charge < -0.3 is 20.1 Å². The lowest BCUT2D eigenvalue weighted by Gasteiger charge is -2.33. The average Bonchev–Trinajstić information content (AvgIpc) is 3.83. The molecular weight excluding hydrogens is 853 g/mol. The summed E-state index contributed by atoms with van der Waals surface area (Å²) in [5.74, 6) is 0. The van der Waals surface area contributed by atoms with Crippen LogP contribution in [0.1, 0.15) is 143 Å². The van der Waals surface area contributed by atoms with Crippen molar-refractivity contribution in [3.8, 4) is 0 Å². The molecule has 4 heterocycles. The summed E-state index contributed by atoms with van der Waals surface area (Å²) in [5.41, 5.74) is -7.06. The Hall–Kier alpha value is -6.46. The Morgan fingerprint density at radius 1 is 0.394 bits per heavy atom. The van der Waals surface area contributed by atoms with Crippen LogP contribution in [-0.4, -0.2) is 53.7 Å². The first kappa shape index (κ1) is 44.7. The number of amides is 2. The van der Waals surface area contributed by atoms with Gasteiger partial charge in [-0.05, 0) is 104 Å². The van der Waals surface area contributed by atoms with Gasteiger partial charge in [-0.1, -0.05) is 38.5 Å². The minimum absolute atomic E-state index is 0.0436. The van der Waals surface area contributed by atoms with Crippen LogP contribution in [0.2, 0.25) is 0 Å². The van der Waals surface area contributed by atoms with Gasteiger partial charge in [0.2, 0.25) is 0 Å². The van der Waals surface area contributed by atoms with E-state index in [1.165, 1.54) is 24.3 Å². The number of nitrogens with zero attached hydrogens (tertiary/aromatic N) is 4. The van der Waals surface area contributed by atoms with Gasteiger partial charge in [-0.25, -0.2) is 9.59 Å². The van der Waals surface area contributed by atoms with Crippen molar-refractivity contribution in [3.05, 3.63) is 107 Å². The molecule has 66 heavy (non-hydrogen) atoms. The van der Waals surface area contributed by atoms with E-state index in [0.717, 1.165) is 31.1 Å². The number of alkyl carbamates (subject to hydrolysis) is 2. The van der Waals surface area contributed by atoms with Crippen LogP contribution < -0.4 is 55.1 Å². The molecule has 2 amide bonds. The van der Waals surface area contributed by atoms with Crippen LogP contribution in [0.4, 0.5) is 9.59 Å². The van der Waals surface area contributed by atoms with E-state index >= 15 is 0 Å². The number of nitrogens with one attached hydrogen (secondary N) is 2. The van der Waals surface area contributed by atoms with Gasteiger partial charge in [-0.15, -0.1) is 0 Å². The van der Waals surface area contributed by atoms with Crippen molar-refractivity contribution >= 4 is 55.3 Å². The first-order chi connectivity index (χ1) is 31.1. The molecule has 0 radical (unpaired) electrons. The fourth-order valence-corrected chi connectivity index (χ4v) is 11.0. The lowest BCUT2D eigenvalue weighted by Crippen LogP contribution is -2.48. The second-order valence-electron chi connectivity index (χ2n) is 20.4. The van der Waals surface area contributed by atoms with Crippen LogP contribution >= 0.6 is 0 Å². The van der Waals surface area contributed by atoms with Crippen molar-refractivity contribution in [2.75, 3.05) is 0 Å². The van der Waals surface area contributed by atoms with E-state index < -0.39 is 104 Å². The Morgan fingerprint density at radius 2 is 0.606 bits per heavy atom. The standard InChI is InChI=1S/C48H54N6O12/c1-47(2,3)65-45(63)49-31-13-7-9-15-33(31)51-37(55)23-19-27-28(20-24(23)38(51)56)42(60)53(41(27)59)35-17-11-12-18-36(35)54-43(61)29-21-25-26(22-30(29)44(54)62)40(58)52(39(25)57)34-16-10-8-14-32(34)50-46(64)66-48(4,5)6/h19-22,31-36H,7-18H2,1-6H3,(H,49,63)(H,50,64)/t31-,32?,33?,34-,35-,36?/m1/s1. The minimum atomic E-state index is -0.959. The van der Waals surface area contributed by atoms with Crippen LogP contribution in [0.15, 0.2) is 62.6 Å². The van der Waals surface area contributed by atoms with Gasteiger partial charge in [0, 0.05) is 0 Å². The summed E-state index contributed by atoms with van der Waals surface area (Å²) >= 11 is 0. The van der Waals surface area contributed by atoms with Crippen molar-refractivity contribution in [2.24, 2.45) is 0 Å². The zero-order chi connectivity index (χ0) is 47.3. The Labute approximate surface area is 375 Å². The fraction of sp³-hybridized carbons (Fsp3) is 0.542. The summed E-state index contributed by atoms with van der Waals surface area (Å²) in [6.07, 6.45) is 5.10. The second kappa shape index (κ2) is 16.2. The molecule has 18 nitrogen and oxygen atoms in total. The SMILES string of the molecule is CC(C)(C)OC(=O)NC1CCCC[C@H]1n1c(=O)c2cc3c(=O)n(C4CCCC[C@H]4n4c(=O)c5cc6c(=O)n(C7CCCC[C@H]7NC(=O)OC(C)(C)C)c(=O)c6cc5c4=O)c(=O)c3cc2c1=O. The fourth-order valence-electron chi connectivity index (χ4n) is 11.0. The van der Waals surface area contributed by atoms with Gasteiger partial charge in [0.1, 0.15) is 11.2 Å². The first-order valence-electron chi connectivity index (χ1n) is 23.0. The molecule has 3 aliphatic carbocycles. The van der Waals surface area contributed by atoms with E-state index in [1.807, 2.05) is 0 Å². The van der Waals surface area contributed by atoms with Crippen LogP contribution in [0, 0.1) is 0 Å². The van der Waals surface area contributed by atoms with Crippen molar-refractivity contribution < 1.29 is 19.1 Å². The largest absolute Gasteiger partial charge is 0.444 e. The van der Waals surface area contributed by atoms with Gasteiger partial charge in [-0.2, -0.15) is 0 Å². The zero-order valence-electron chi connectivity index (χ0n) is 37.9. The molecule has 0 spiro atoms. The third-order valence-electron chi connectivity index (χ3n) is 13.8. The quantitative estimate of drug-likeness (QED) is 0.235. The van der Waals surface area contributed by atoms with Crippen molar-refractivity contribution in [1.82, 2.24) is 28.9 Å². The molecular formula is C48H54N6O12. The predicted molar refractivity (Wildman–Crippen MR) is 248 cm³/mol. The number of carbonyl (C=O) groups excluding carboxylic acids is 2. The van der Waals surface area contributed by atoms with E-state index in [9.17, 15) is 47.9 Å². The van der Waals surface area contributed by atoms with E-state index in [-0.39, 0.29) is 55.9 Å². The Balaban J connectivity index is 1.08. The van der Waals surface area contributed by atoms with Gasteiger partial charge >= 0.3 is 12.2 Å². The maximum Gasteiger partial charge on any atom is 0.407 e. The second-order valence-corrected chi connectivity index (χ2v) is 20.4. The van der Waals surface area contributed by atoms with Gasteiger partial charge in [0.15, 0.2) is 0 Å². The molecule has 3 fully saturated rings. The molecule has 2 N–H and O–H groups in total. The summed E-state index contributed by atoms with van der Waals surface area (Å²) in [5, 5.41) is 5.15. The van der Waals surface area contributed by atoms with Crippen molar-refractivity contribution in [1.29, 1.82) is 0 Å². The topological polar surface area (TPSA) is 233 Å². The molecule has 2 aromatic carbocycles. The van der Waals surface area contributed by atoms with Crippen LogP contribution in [-0.2, 0) is 9.47 Å². The highest BCUT2D eigenvalue weighted by Crippen LogP contribution is 2.37. The number of fused-ring (bicyclic) bond motifs is 4. The van der Waals surface area contributed by atoms with E-state index in [0.29, 0.717) is 51.4 Å². The smallest absolute Gasteiger partial charge is 0.407 e. The van der Waals surface area contributed by atoms with E-state index in [1.54, 1.807) is 41.5 Å². The zero-order valence-corrected chi connectivity index (χ0v) is 37.9. The van der Waals surface area contributed by atoms with E-state index in [4.69, 9.17) is 9.47 Å². The molecule has 3 unspecified atom stereocenters. The number of rotatable bonds is 6. The maximum absolute atomic E-state index is 14.4. The predicted octanol–water partition coefficient (Wildman–Crippen LogP) is 4.51. The highest BCUT2D eigenvalue weighted by atomic mass is 16.6. The number of aromatic nitrogens is 4. The highest BCUT2D eigenvalue weighted by molar-refractivity contribution is 5.99. The van der Waals surface area contributed by atoms with E-state index in [2.05, 4.69) is 10.6 Å². The van der Waals surface area contributed by atoms with Gasteiger partial charge in [0.25, 0.3) is 44.5 Å². The number of hydrogen-bond donors (Lipinski definition) is 2. The summed E-state index contributed by atoms with van der Waals surface area (Å²) < 4.78 is 15.2. The minimum Gasteiger partial charge on any atom is -0.444 e. The number of benzene rings is 2. The molecule has 9 rings (SSSR count). The third kappa shape index (κ3) is 7.51. The molecule has 0 aliphatic heterocycles. The first-order valence-corrected chi connectivity index (χ1v) is 23.0.